The van der Waals surface area contributed by atoms with Crippen LogP contribution in [0.4, 0.5) is 5.69 Å². The molecule has 0 fully saturated rings. The van der Waals surface area contributed by atoms with Crippen LogP contribution in [0.15, 0.2) is 40.2 Å². The van der Waals surface area contributed by atoms with Crippen LogP contribution in [-0.2, 0) is 0 Å². The van der Waals surface area contributed by atoms with Gasteiger partial charge in [0.2, 0.25) is 0 Å². The summed E-state index contributed by atoms with van der Waals surface area (Å²) < 4.78 is 1.02. The molecule has 2 rings (SSSR count). The number of nitrogens with two attached hydrogens (primary N) is 1. The summed E-state index contributed by atoms with van der Waals surface area (Å²) in [4.78, 5) is 1.75. The Morgan fingerprint density at radius 3 is 2.85 bits per heavy atom. The number of thiophene rings is 1. The number of benzene rings is 1. The van der Waals surface area contributed by atoms with Crippen LogP contribution in [0.25, 0.3) is 0 Å². The number of hydrogen-bond acceptors (Lipinski definition) is 3. The summed E-state index contributed by atoms with van der Waals surface area (Å²) in [5.41, 5.74) is 7.69. The first-order chi connectivity index (χ1) is 9.61. The Morgan fingerprint density at radius 2 is 2.25 bits per heavy atom. The molecule has 0 saturated carbocycles. The third-order valence-corrected chi connectivity index (χ3v) is 4.74. The molecule has 0 amide bonds. The lowest BCUT2D eigenvalue weighted by atomic mass is 10.1. The Balaban J connectivity index is 2.30. The summed E-state index contributed by atoms with van der Waals surface area (Å²) in [5.74, 6) is 0. The number of rotatable bonds is 6. The Morgan fingerprint density at radius 1 is 1.45 bits per heavy atom. The second-order valence-electron chi connectivity index (χ2n) is 4.56. The van der Waals surface area contributed by atoms with Gasteiger partial charge in [-0.05, 0) is 36.1 Å². The summed E-state index contributed by atoms with van der Waals surface area (Å²) >= 11 is 10.4. The molecule has 106 valence electrons. The van der Waals surface area contributed by atoms with Crippen molar-refractivity contribution in [3.05, 3.63) is 50.6 Å². The fourth-order valence-corrected chi connectivity index (χ4v) is 3.45. The standard InChI is InChI=1S/C15H17BrN2S2/c1-2-4-12(14-5-3-8-20-14)18-13-9-10(16)6-7-11(13)15(17)19/h3,5-9,12,18H,2,4H2,1H3,(H2,17,19). The van der Waals surface area contributed by atoms with Crippen molar-refractivity contribution < 1.29 is 0 Å². The van der Waals surface area contributed by atoms with E-state index in [1.165, 1.54) is 4.88 Å². The third kappa shape index (κ3) is 3.81. The first kappa shape index (κ1) is 15.5. The van der Waals surface area contributed by atoms with Crippen molar-refractivity contribution in [3.63, 3.8) is 0 Å². The van der Waals surface area contributed by atoms with Gasteiger partial charge in [-0.25, -0.2) is 0 Å². The van der Waals surface area contributed by atoms with Gasteiger partial charge in [0.1, 0.15) is 4.99 Å². The lowest BCUT2D eigenvalue weighted by Gasteiger charge is -2.20. The zero-order chi connectivity index (χ0) is 14.5. The molecule has 1 aromatic carbocycles. The molecule has 1 atom stereocenters. The van der Waals surface area contributed by atoms with Crippen molar-refractivity contribution in [1.29, 1.82) is 0 Å². The Labute approximate surface area is 137 Å². The Bertz CT molecular complexity index is 582. The van der Waals surface area contributed by atoms with Crippen molar-refractivity contribution in [2.75, 3.05) is 5.32 Å². The van der Waals surface area contributed by atoms with Crippen molar-refractivity contribution in [2.24, 2.45) is 5.73 Å². The van der Waals surface area contributed by atoms with Gasteiger partial charge in [-0.3, -0.25) is 0 Å². The van der Waals surface area contributed by atoms with Crippen molar-refractivity contribution >= 4 is 50.2 Å². The lowest BCUT2D eigenvalue weighted by Crippen LogP contribution is -2.16. The fraction of sp³-hybridized carbons (Fsp3) is 0.267. The Hall–Kier alpha value is -0.910. The van der Waals surface area contributed by atoms with Gasteiger partial charge in [0, 0.05) is 20.6 Å². The van der Waals surface area contributed by atoms with E-state index in [1.54, 1.807) is 11.3 Å². The smallest absolute Gasteiger partial charge is 0.106 e. The van der Waals surface area contributed by atoms with E-state index < -0.39 is 0 Å². The summed E-state index contributed by atoms with van der Waals surface area (Å²) in [7, 11) is 0. The van der Waals surface area contributed by atoms with E-state index in [0.29, 0.717) is 11.0 Å². The molecular weight excluding hydrogens is 352 g/mol. The highest BCUT2D eigenvalue weighted by Gasteiger charge is 2.14. The monoisotopic (exact) mass is 368 g/mol. The predicted molar refractivity (Wildman–Crippen MR) is 95.6 cm³/mol. The number of halogens is 1. The largest absolute Gasteiger partial charge is 0.389 e. The van der Waals surface area contributed by atoms with Crippen LogP contribution in [-0.4, -0.2) is 4.99 Å². The molecule has 1 unspecified atom stereocenters. The maximum atomic E-state index is 5.81. The van der Waals surface area contributed by atoms with Crippen LogP contribution in [0.1, 0.15) is 36.2 Å². The van der Waals surface area contributed by atoms with Crippen LogP contribution in [0.2, 0.25) is 0 Å². The lowest BCUT2D eigenvalue weighted by molar-refractivity contribution is 0.687. The van der Waals surface area contributed by atoms with E-state index in [-0.39, 0.29) is 0 Å². The van der Waals surface area contributed by atoms with Gasteiger partial charge in [0.15, 0.2) is 0 Å². The van der Waals surface area contributed by atoms with Crippen LogP contribution in [0, 0.1) is 0 Å². The second-order valence-corrected chi connectivity index (χ2v) is 6.89. The van der Waals surface area contributed by atoms with Gasteiger partial charge < -0.3 is 11.1 Å². The SMILES string of the molecule is CCCC(Nc1cc(Br)ccc1C(N)=S)c1cccs1. The molecule has 3 N–H and O–H groups in total. The molecule has 5 heteroatoms. The molecule has 0 spiro atoms. The molecule has 0 radical (unpaired) electrons. The first-order valence-corrected chi connectivity index (χ1v) is 8.59. The zero-order valence-corrected chi connectivity index (χ0v) is 14.4. The molecule has 20 heavy (non-hydrogen) atoms. The molecule has 0 aliphatic carbocycles. The van der Waals surface area contributed by atoms with Crippen molar-refractivity contribution in [2.45, 2.75) is 25.8 Å². The van der Waals surface area contributed by atoms with E-state index in [2.05, 4.69) is 45.7 Å². The minimum absolute atomic E-state index is 0.294. The molecule has 0 saturated heterocycles. The van der Waals surface area contributed by atoms with Gasteiger partial charge in [-0.1, -0.05) is 47.6 Å². The van der Waals surface area contributed by atoms with E-state index in [0.717, 1.165) is 28.6 Å². The zero-order valence-electron chi connectivity index (χ0n) is 11.2. The van der Waals surface area contributed by atoms with E-state index in [4.69, 9.17) is 18.0 Å². The maximum Gasteiger partial charge on any atom is 0.106 e. The van der Waals surface area contributed by atoms with Crippen LogP contribution in [0.3, 0.4) is 0 Å². The summed E-state index contributed by atoms with van der Waals surface area (Å²) in [6.45, 7) is 2.19. The first-order valence-electron chi connectivity index (χ1n) is 6.51. The molecular formula is C15H17BrN2S2. The van der Waals surface area contributed by atoms with Crippen LogP contribution < -0.4 is 11.1 Å². The molecule has 0 aliphatic heterocycles. The summed E-state index contributed by atoms with van der Waals surface area (Å²) in [6.07, 6.45) is 2.19. The highest BCUT2D eigenvalue weighted by molar-refractivity contribution is 9.10. The molecule has 2 nitrogen and oxygen atoms in total. The summed E-state index contributed by atoms with van der Waals surface area (Å²) in [5, 5.41) is 5.69. The molecule has 1 heterocycles. The third-order valence-electron chi connectivity index (χ3n) is 3.04. The van der Waals surface area contributed by atoms with Gasteiger partial charge in [0.25, 0.3) is 0 Å². The van der Waals surface area contributed by atoms with Crippen molar-refractivity contribution in [1.82, 2.24) is 0 Å². The average Bonchev–Trinajstić information content (AvgIpc) is 2.91. The normalized spacial score (nSPS) is 12.1. The quantitative estimate of drug-likeness (QED) is 0.696. The highest BCUT2D eigenvalue weighted by atomic mass is 79.9. The molecule has 0 bridgehead atoms. The van der Waals surface area contributed by atoms with Gasteiger partial charge in [-0.2, -0.15) is 0 Å². The van der Waals surface area contributed by atoms with E-state index in [9.17, 15) is 0 Å². The van der Waals surface area contributed by atoms with Crippen LogP contribution >= 0.6 is 39.5 Å². The van der Waals surface area contributed by atoms with Gasteiger partial charge in [-0.15, -0.1) is 11.3 Å². The van der Waals surface area contributed by atoms with Gasteiger partial charge >= 0.3 is 0 Å². The van der Waals surface area contributed by atoms with Crippen molar-refractivity contribution in [3.8, 4) is 0 Å². The minimum Gasteiger partial charge on any atom is -0.389 e. The molecule has 1 aromatic heterocycles. The molecule has 2 aromatic rings. The van der Waals surface area contributed by atoms with E-state index >= 15 is 0 Å². The Kier molecular flexibility index (Phi) is 5.57. The predicted octanol–water partition coefficient (Wildman–Crippen LogP) is 5.10. The summed E-state index contributed by atoms with van der Waals surface area (Å²) in [6, 6.07) is 10.5. The highest BCUT2D eigenvalue weighted by Crippen LogP contribution is 2.30. The molecule has 0 aliphatic rings. The fourth-order valence-electron chi connectivity index (χ4n) is 2.10. The van der Waals surface area contributed by atoms with E-state index in [1.807, 2.05) is 18.2 Å². The maximum absolute atomic E-state index is 5.81. The second kappa shape index (κ2) is 7.20. The van der Waals surface area contributed by atoms with Crippen LogP contribution in [0.5, 0.6) is 0 Å². The number of nitrogens with one attached hydrogen (secondary N) is 1. The van der Waals surface area contributed by atoms with Gasteiger partial charge in [0.05, 0.1) is 6.04 Å². The number of anilines is 1. The number of hydrogen-bond donors (Lipinski definition) is 2. The topological polar surface area (TPSA) is 38.0 Å². The average molecular weight is 369 g/mol. The number of thiocarbonyl (C=S) groups is 1. The minimum atomic E-state index is 0.294.